The van der Waals surface area contributed by atoms with Gasteiger partial charge >= 0.3 is 12.0 Å². The zero-order valence-corrected chi connectivity index (χ0v) is 36.1. The highest BCUT2D eigenvalue weighted by atomic mass is 32.2. The summed E-state index contributed by atoms with van der Waals surface area (Å²) in [5, 5.41) is 9.41. The first-order valence-corrected chi connectivity index (χ1v) is 21.8. The molecule has 3 fully saturated rings. The van der Waals surface area contributed by atoms with E-state index >= 15 is 0 Å². The summed E-state index contributed by atoms with van der Waals surface area (Å²) in [5.74, 6) is 2.14. The summed E-state index contributed by atoms with van der Waals surface area (Å²) >= 11 is 3.02. The van der Waals surface area contributed by atoms with Gasteiger partial charge in [0.1, 0.15) is 23.1 Å². The van der Waals surface area contributed by atoms with Gasteiger partial charge in [0.25, 0.3) is 0 Å². The third-order valence-electron chi connectivity index (χ3n) is 9.65. The Morgan fingerprint density at radius 3 is 2.27 bits per heavy atom. The Kier molecular flexibility index (Phi) is 19.0. The van der Waals surface area contributed by atoms with E-state index in [0.717, 1.165) is 56.4 Å². The molecule has 5 rings (SSSR count). The molecule has 3 atom stereocenters. The lowest BCUT2D eigenvalue weighted by molar-refractivity contribution is -0.145. The summed E-state index contributed by atoms with van der Waals surface area (Å²) in [6.45, 7) is 7.32. The second kappa shape index (κ2) is 24.4. The molecule has 2 aromatic heterocycles. The first-order chi connectivity index (χ1) is 28.6. The van der Waals surface area contributed by atoms with Crippen LogP contribution in [0.25, 0.3) is 0 Å². The first kappa shape index (κ1) is 46.1. The molecule has 5 N–H and O–H groups in total. The third-order valence-corrected chi connectivity index (χ3v) is 12.1. The normalized spacial score (nSPS) is 19.0. The predicted molar refractivity (Wildman–Crippen MR) is 224 cm³/mol. The van der Waals surface area contributed by atoms with E-state index < -0.39 is 0 Å². The quantitative estimate of drug-likeness (QED) is 0.0453. The fraction of sp³-hybridized carbons (Fsp3) is 0.703. The average Bonchev–Trinajstić information content (AvgIpc) is 3.78. The van der Waals surface area contributed by atoms with Crippen molar-refractivity contribution in [2.75, 3.05) is 136 Å². The van der Waals surface area contributed by atoms with Gasteiger partial charge in [0.2, 0.25) is 23.6 Å². The number of nitrogens with two attached hydrogens (primary N) is 1. The van der Waals surface area contributed by atoms with Crippen LogP contribution >= 0.6 is 23.5 Å². The van der Waals surface area contributed by atoms with E-state index in [1.165, 1.54) is 20.3 Å². The predicted octanol–water partition coefficient (Wildman–Crippen LogP) is 1.35. The molecular weight excluding hydrogens is 807 g/mol. The number of nitrogen functional groups attached to an aromatic ring is 1. The van der Waals surface area contributed by atoms with Crippen LogP contribution in [0.2, 0.25) is 0 Å². The molecule has 20 nitrogen and oxygen atoms in total. The second-order valence-electron chi connectivity index (χ2n) is 14.3. The number of thioether (sulfide) groups is 1. The zero-order chi connectivity index (χ0) is 42.0. The Morgan fingerprint density at radius 1 is 0.915 bits per heavy atom. The van der Waals surface area contributed by atoms with Crippen LogP contribution < -0.4 is 36.1 Å². The van der Waals surface area contributed by atoms with Gasteiger partial charge in [0.05, 0.1) is 65.9 Å². The maximum Gasteiger partial charge on any atom is 0.315 e. The van der Waals surface area contributed by atoms with E-state index in [4.69, 9.17) is 34.2 Å². The van der Waals surface area contributed by atoms with Gasteiger partial charge in [-0.3, -0.25) is 14.5 Å². The van der Waals surface area contributed by atoms with Crippen LogP contribution in [0, 0.1) is 0 Å². The number of nitrogens with zero attached hydrogens (tertiary/aromatic N) is 7. The number of carbonyl (C=O) groups is 3. The lowest BCUT2D eigenvalue weighted by Gasteiger charge is -2.34. The van der Waals surface area contributed by atoms with Crippen molar-refractivity contribution in [3.63, 3.8) is 0 Å². The molecule has 0 aromatic carbocycles. The maximum atomic E-state index is 12.4. The number of nitrogens with one attached hydrogen (secondary N) is 3. The van der Waals surface area contributed by atoms with Crippen molar-refractivity contribution >= 4 is 59.0 Å². The number of hydrogen-bond donors (Lipinski definition) is 4. The zero-order valence-electron chi connectivity index (χ0n) is 34.4. The molecule has 3 aliphatic rings. The smallest absolute Gasteiger partial charge is 0.315 e. The minimum absolute atomic E-state index is 0.0752. The van der Waals surface area contributed by atoms with Crippen LogP contribution in [0.4, 0.5) is 22.4 Å². The Bertz CT molecular complexity index is 1630. The number of hydrogen-bond acceptors (Lipinski definition) is 19. The molecule has 0 unspecified atom stereocenters. The van der Waals surface area contributed by atoms with E-state index in [9.17, 15) is 14.4 Å². The molecule has 0 aliphatic carbocycles. The lowest BCUT2D eigenvalue weighted by atomic mass is 10.0. The molecule has 0 radical (unpaired) electrons. The van der Waals surface area contributed by atoms with Crippen molar-refractivity contribution in [3.8, 4) is 11.8 Å². The van der Waals surface area contributed by atoms with E-state index in [0.29, 0.717) is 106 Å². The molecule has 3 saturated heterocycles. The molecule has 0 spiro atoms. The number of anilines is 3. The minimum atomic E-state index is -0.213. The third kappa shape index (κ3) is 15.2. The highest BCUT2D eigenvalue weighted by Gasteiger charge is 2.42. The molecule has 59 heavy (non-hydrogen) atoms. The lowest BCUT2D eigenvalue weighted by Crippen LogP contribution is -2.48. The summed E-state index contributed by atoms with van der Waals surface area (Å²) < 4.78 is 33.5. The van der Waals surface area contributed by atoms with E-state index in [-0.39, 0.29) is 47.6 Å². The second-order valence-corrected chi connectivity index (χ2v) is 16.5. The molecule has 328 valence electrons. The summed E-state index contributed by atoms with van der Waals surface area (Å²) in [5.41, 5.74) is 6.04. The average molecular weight is 866 g/mol. The number of rotatable bonds is 26. The Morgan fingerprint density at radius 2 is 1.59 bits per heavy atom. The number of methoxy groups -OCH3 is 2. The van der Waals surface area contributed by atoms with Gasteiger partial charge in [-0.25, -0.2) is 14.8 Å². The Hall–Kier alpha value is -3.93. The van der Waals surface area contributed by atoms with Crippen LogP contribution in [0.5, 0.6) is 11.8 Å². The maximum absolute atomic E-state index is 12.4. The van der Waals surface area contributed by atoms with Crippen molar-refractivity contribution in [2.24, 2.45) is 0 Å². The highest BCUT2D eigenvalue weighted by molar-refractivity contribution is 8.00. The van der Waals surface area contributed by atoms with Crippen molar-refractivity contribution in [1.82, 2.24) is 40.4 Å². The molecule has 22 heteroatoms. The molecule has 3 aliphatic heterocycles. The summed E-state index contributed by atoms with van der Waals surface area (Å²) in [4.78, 5) is 60.9. The molecular formula is C37H59N11O9S2. The number of amides is 3. The number of urea groups is 1. The Labute approximate surface area is 354 Å². The fourth-order valence-corrected chi connectivity index (χ4v) is 8.98. The van der Waals surface area contributed by atoms with Gasteiger partial charge < -0.3 is 59.9 Å². The van der Waals surface area contributed by atoms with Crippen LogP contribution in [0.3, 0.4) is 0 Å². The van der Waals surface area contributed by atoms with Crippen LogP contribution in [0.15, 0.2) is 16.1 Å². The van der Waals surface area contributed by atoms with Crippen molar-refractivity contribution < 1.29 is 42.8 Å². The number of piperazine rings is 1. The van der Waals surface area contributed by atoms with Gasteiger partial charge in [0, 0.05) is 69.2 Å². The van der Waals surface area contributed by atoms with Crippen LogP contribution in [-0.2, 0) is 28.5 Å². The number of esters is 1. The van der Waals surface area contributed by atoms with E-state index in [1.807, 2.05) is 30.8 Å². The highest BCUT2D eigenvalue weighted by Crippen LogP contribution is 2.40. The van der Waals surface area contributed by atoms with Gasteiger partial charge in [-0.2, -0.15) is 21.7 Å². The fourth-order valence-electron chi connectivity index (χ4n) is 6.53. The van der Waals surface area contributed by atoms with Crippen molar-refractivity contribution in [3.05, 3.63) is 6.07 Å². The topological polar surface area (TPSA) is 230 Å². The largest absolute Gasteiger partial charge is 0.480 e. The van der Waals surface area contributed by atoms with Gasteiger partial charge in [-0.1, -0.05) is 6.42 Å². The van der Waals surface area contributed by atoms with E-state index in [1.54, 1.807) is 0 Å². The monoisotopic (exact) mass is 865 g/mol. The first-order valence-electron chi connectivity index (χ1n) is 19.9. The SMILES string of the molecule is COc1nc(N2CCN(CCOCCOCCOCCOC(=O)CCCC[C@@H]3SC[C@@H]4NC(=O)N[C@@H]43)CC2)nc(OC)c1Sc1nc(N)cc(NC(=O)CCN(C)C)n1. The number of unbranched alkanes of at least 4 members (excludes halogenated alkanes) is 1. The number of fused-ring (bicyclic) bond motifs is 1. The number of ether oxygens (including phenoxy) is 6. The number of carbonyl (C=O) groups excluding carboxylic acids is 3. The Balaban J connectivity index is 0.892. The van der Waals surface area contributed by atoms with Crippen molar-refractivity contribution in [2.45, 2.75) is 59.5 Å². The van der Waals surface area contributed by atoms with Gasteiger partial charge in [0.15, 0.2) is 5.16 Å². The molecule has 3 amide bonds. The number of aromatic nitrogens is 4. The molecule has 5 heterocycles. The summed E-state index contributed by atoms with van der Waals surface area (Å²) in [6, 6.07) is 1.85. The van der Waals surface area contributed by atoms with Crippen LogP contribution in [0.1, 0.15) is 32.1 Å². The van der Waals surface area contributed by atoms with Crippen LogP contribution in [-0.4, -0.2) is 185 Å². The standard InChI is InChI=1S/C37H59N11O9S2/c1-46(2)10-9-29(49)41-28-23-27(38)40-37(42-28)59-32-33(52-3)44-35(45-34(32)53-4)48-13-11-47(12-14-48)15-16-54-17-18-55-19-20-56-21-22-57-30(50)8-6-5-7-26-31-25(24-58-26)39-36(51)43-31/h23,25-26,31H,5-22,24H2,1-4H3,(H2,39,43,51)(H3,38,40,41,42,49)/t25-,26-,31-/m0/s1. The summed E-state index contributed by atoms with van der Waals surface area (Å²) in [6.07, 6.45) is 3.37. The minimum Gasteiger partial charge on any atom is -0.480 e. The summed E-state index contributed by atoms with van der Waals surface area (Å²) in [7, 11) is 6.85. The van der Waals surface area contributed by atoms with Crippen molar-refractivity contribution in [1.29, 1.82) is 0 Å². The van der Waals surface area contributed by atoms with E-state index in [2.05, 4.69) is 45.7 Å². The molecule has 2 aromatic rings. The van der Waals surface area contributed by atoms with Gasteiger partial charge in [-0.05, 0) is 38.7 Å². The molecule has 0 saturated carbocycles. The van der Waals surface area contributed by atoms with Gasteiger partial charge in [-0.15, -0.1) is 0 Å². The molecule has 0 bridgehead atoms.